The smallest absolute Gasteiger partial charge is 0.257 e. The number of hydrogen-bond donors (Lipinski definition) is 1. The summed E-state index contributed by atoms with van der Waals surface area (Å²) in [7, 11) is 1.82. The summed E-state index contributed by atoms with van der Waals surface area (Å²) in [5, 5.41) is 4.23. The highest BCUT2D eigenvalue weighted by atomic mass is 35.5. The SMILES string of the molecule is Cc1nn(C)cc1C(=O)N(CCN)CCc1ccccc1.Cl. The van der Waals surface area contributed by atoms with E-state index < -0.39 is 0 Å². The Labute approximate surface area is 137 Å². The Balaban J connectivity index is 0.00000242. The number of nitrogens with two attached hydrogens (primary N) is 1. The minimum atomic E-state index is 0. The lowest BCUT2D eigenvalue weighted by molar-refractivity contribution is 0.0761. The van der Waals surface area contributed by atoms with Gasteiger partial charge in [0, 0.05) is 32.9 Å². The van der Waals surface area contributed by atoms with Crippen molar-refractivity contribution < 1.29 is 4.79 Å². The Kier molecular flexibility index (Phi) is 7.08. The first kappa shape index (κ1) is 18.2. The molecule has 0 aliphatic heterocycles. The van der Waals surface area contributed by atoms with E-state index in [2.05, 4.69) is 17.2 Å². The molecule has 1 heterocycles. The van der Waals surface area contributed by atoms with Crippen molar-refractivity contribution in [3.05, 3.63) is 53.3 Å². The largest absolute Gasteiger partial charge is 0.337 e. The normalized spacial score (nSPS) is 10.1. The molecule has 0 fully saturated rings. The summed E-state index contributed by atoms with van der Waals surface area (Å²) < 4.78 is 1.67. The molecule has 0 aliphatic rings. The van der Waals surface area contributed by atoms with Gasteiger partial charge in [0.15, 0.2) is 0 Å². The fraction of sp³-hybridized carbons (Fsp3) is 0.375. The van der Waals surface area contributed by atoms with E-state index in [9.17, 15) is 4.79 Å². The van der Waals surface area contributed by atoms with Crippen LogP contribution in [-0.2, 0) is 13.5 Å². The zero-order valence-electron chi connectivity index (χ0n) is 13.0. The van der Waals surface area contributed by atoms with Crippen molar-refractivity contribution in [2.75, 3.05) is 19.6 Å². The number of halogens is 1. The maximum absolute atomic E-state index is 12.6. The molecule has 5 nitrogen and oxygen atoms in total. The van der Waals surface area contributed by atoms with E-state index >= 15 is 0 Å². The summed E-state index contributed by atoms with van der Waals surface area (Å²) in [4.78, 5) is 14.4. The first-order valence-corrected chi connectivity index (χ1v) is 7.15. The van der Waals surface area contributed by atoms with Crippen LogP contribution in [0.3, 0.4) is 0 Å². The molecule has 1 aromatic heterocycles. The number of carbonyl (C=O) groups excluding carboxylic acids is 1. The van der Waals surface area contributed by atoms with Crippen LogP contribution in [0.2, 0.25) is 0 Å². The van der Waals surface area contributed by atoms with Crippen LogP contribution < -0.4 is 5.73 Å². The molecule has 0 saturated carbocycles. The summed E-state index contributed by atoms with van der Waals surface area (Å²) in [5.41, 5.74) is 8.27. The van der Waals surface area contributed by atoms with Crippen molar-refractivity contribution in [1.29, 1.82) is 0 Å². The van der Waals surface area contributed by atoms with E-state index in [1.54, 1.807) is 15.8 Å². The number of carbonyl (C=O) groups is 1. The van der Waals surface area contributed by atoms with Gasteiger partial charge in [-0.2, -0.15) is 5.10 Å². The fourth-order valence-electron chi connectivity index (χ4n) is 2.36. The monoisotopic (exact) mass is 322 g/mol. The number of nitrogens with zero attached hydrogens (tertiary/aromatic N) is 3. The molecule has 0 bridgehead atoms. The van der Waals surface area contributed by atoms with Crippen LogP contribution >= 0.6 is 12.4 Å². The first-order valence-electron chi connectivity index (χ1n) is 7.15. The minimum absolute atomic E-state index is 0. The average Bonchev–Trinajstić information content (AvgIpc) is 2.82. The van der Waals surface area contributed by atoms with E-state index in [-0.39, 0.29) is 18.3 Å². The van der Waals surface area contributed by atoms with Crippen LogP contribution in [0.4, 0.5) is 0 Å². The Morgan fingerprint density at radius 1 is 1.27 bits per heavy atom. The number of hydrogen-bond acceptors (Lipinski definition) is 3. The molecule has 6 heteroatoms. The molecule has 0 unspecified atom stereocenters. The Hall–Kier alpha value is -1.85. The Morgan fingerprint density at radius 2 is 1.95 bits per heavy atom. The predicted octanol–water partition coefficient (Wildman–Crippen LogP) is 1.79. The zero-order valence-corrected chi connectivity index (χ0v) is 13.8. The van der Waals surface area contributed by atoms with Gasteiger partial charge in [-0.25, -0.2) is 0 Å². The number of benzene rings is 1. The quantitative estimate of drug-likeness (QED) is 0.882. The second-order valence-electron chi connectivity index (χ2n) is 5.12. The number of aromatic nitrogens is 2. The standard InChI is InChI=1S/C16H22N4O.ClH/c1-13-15(12-19(2)18-13)16(21)20(11-9-17)10-8-14-6-4-3-5-7-14;/h3-7,12H,8-11,17H2,1-2H3;1H. The molecule has 0 radical (unpaired) electrons. The van der Waals surface area contributed by atoms with Crippen molar-refractivity contribution in [3.8, 4) is 0 Å². The highest BCUT2D eigenvalue weighted by molar-refractivity contribution is 5.95. The van der Waals surface area contributed by atoms with Crippen molar-refractivity contribution in [3.63, 3.8) is 0 Å². The molecule has 0 atom stereocenters. The van der Waals surface area contributed by atoms with Crippen LogP contribution in [0.1, 0.15) is 21.6 Å². The topological polar surface area (TPSA) is 64.2 Å². The van der Waals surface area contributed by atoms with Gasteiger partial charge in [-0.3, -0.25) is 9.48 Å². The number of rotatable bonds is 6. The maximum atomic E-state index is 12.6. The second kappa shape index (κ2) is 8.56. The summed E-state index contributed by atoms with van der Waals surface area (Å²) in [6.45, 7) is 3.53. The van der Waals surface area contributed by atoms with Gasteiger partial charge in [0.05, 0.1) is 11.3 Å². The van der Waals surface area contributed by atoms with Gasteiger partial charge >= 0.3 is 0 Å². The third-order valence-corrected chi connectivity index (χ3v) is 3.44. The Morgan fingerprint density at radius 3 is 2.50 bits per heavy atom. The van der Waals surface area contributed by atoms with E-state index in [1.165, 1.54) is 5.56 Å². The summed E-state index contributed by atoms with van der Waals surface area (Å²) in [5.74, 6) is 0.00183. The molecule has 120 valence electrons. The van der Waals surface area contributed by atoms with Crippen molar-refractivity contribution in [2.45, 2.75) is 13.3 Å². The summed E-state index contributed by atoms with van der Waals surface area (Å²) in [6.07, 6.45) is 2.59. The van der Waals surface area contributed by atoms with Gasteiger partial charge in [0.2, 0.25) is 0 Å². The summed E-state index contributed by atoms with van der Waals surface area (Å²) in [6, 6.07) is 10.2. The van der Waals surface area contributed by atoms with Gasteiger partial charge in [-0.1, -0.05) is 30.3 Å². The van der Waals surface area contributed by atoms with Gasteiger partial charge in [0.25, 0.3) is 5.91 Å². The average molecular weight is 323 g/mol. The van der Waals surface area contributed by atoms with E-state index in [4.69, 9.17) is 5.73 Å². The molecule has 1 amide bonds. The number of amides is 1. The molecule has 1 aromatic carbocycles. The van der Waals surface area contributed by atoms with Crippen LogP contribution in [0.15, 0.2) is 36.5 Å². The molecule has 0 saturated heterocycles. The van der Waals surface area contributed by atoms with Gasteiger partial charge in [-0.15, -0.1) is 12.4 Å². The van der Waals surface area contributed by atoms with E-state index in [1.807, 2.05) is 32.2 Å². The lowest BCUT2D eigenvalue weighted by Gasteiger charge is -2.21. The van der Waals surface area contributed by atoms with Crippen LogP contribution in [0.25, 0.3) is 0 Å². The summed E-state index contributed by atoms with van der Waals surface area (Å²) >= 11 is 0. The van der Waals surface area contributed by atoms with Gasteiger partial charge < -0.3 is 10.6 Å². The molecule has 22 heavy (non-hydrogen) atoms. The molecule has 2 N–H and O–H groups in total. The van der Waals surface area contributed by atoms with Crippen LogP contribution in [0, 0.1) is 6.92 Å². The minimum Gasteiger partial charge on any atom is -0.337 e. The number of aryl methyl sites for hydroxylation is 2. The van der Waals surface area contributed by atoms with Crippen molar-refractivity contribution in [2.24, 2.45) is 12.8 Å². The van der Waals surface area contributed by atoms with Crippen LogP contribution in [0.5, 0.6) is 0 Å². The zero-order chi connectivity index (χ0) is 15.2. The highest BCUT2D eigenvalue weighted by Crippen LogP contribution is 2.10. The molecule has 2 rings (SSSR count). The van der Waals surface area contributed by atoms with Gasteiger partial charge in [0.1, 0.15) is 0 Å². The molecule has 0 spiro atoms. The third-order valence-electron chi connectivity index (χ3n) is 3.44. The van der Waals surface area contributed by atoms with Crippen molar-refractivity contribution in [1.82, 2.24) is 14.7 Å². The second-order valence-corrected chi connectivity index (χ2v) is 5.12. The molecule has 2 aromatic rings. The molecular formula is C16H23ClN4O. The Bertz CT molecular complexity index is 597. The van der Waals surface area contributed by atoms with E-state index in [0.717, 1.165) is 12.1 Å². The van der Waals surface area contributed by atoms with Crippen molar-refractivity contribution >= 4 is 18.3 Å². The lowest BCUT2D eigenvalue weighted by atomic mass is 10.1. The first-order chi connectivity index (χ1) is 10.1. The molecular weight excluding hydrogens is 300 g/mol. The lowest BCUT2D eigenvalue weighted by Crippen LogP contribution is -2.37. The highest BCUT2D eigenvalue weighted by Gasteiger charge is 2.19. The molecule has 0 aliphatic carbocycles. The third kappa shape index (κ3) is 4.58. The predicted molar refractivity (Wildman–Crippen MR) is 90.3 cm³/mol. The van der Waals surface area contributed by atoms with Crippen LogP contribution in [-0.4, -0.2) is 40.2 Å². The maximum Gasteiger partial charge on any atom is 0.257 e. The van der Waals surface area contributed by atoms with Gasteiger partial charge in [-0.05, 0) is 18.9 Å². The van der Waals surface area contributed by atoms with E-state index in [0.29, 0.717) is 25.2 Å². The fourth-order valence-corrected chi connectivity index (χ4v) is 2.36.